The van der Waals surface area contributed by atoms with Crippen LogP contribution in [0, 0.1) is 0 Å². The molecule has 1 saturated heterocycles. The topological polar surface area (TPSA) is 79.9 Å². The summed E-state index contributed by atoms with van der Waals surface area (Å²) in [5, 5.41) is 10.7. The fourth-order valence-electron chi connectivity index (χ4n) is 3.07. The molecule has 2 atom stereocenters. The summed E-state index contributed by atoms with van der Waals surface area (Å²) in [5.74, 6) is 1.52. The lowest BCUT2D eigenvalue weighted by Crippen LogP contribution is -2.36. The molecule has 1 saturated carbocycles. The summed E-state index contributed by atoms with van der Waals surface area (Å²) in [6.45, 7) is 3.30. The molecule has 0 bridgehead atoms. The molecule has 1 aliphatic carbocycles. The van der Waals surface area contributed by atoms with E-state index in [1.165, 1.54) is 37.4 Å². The van der Waals surface area contributed by atoms with Gasteiger partial charge < -0.3 is 10.1 Å². The molecule has 1 amide bonds. The van der Waals surface area contributed by atoms with Gasteiger partial charge in [-0.2, -0.15) is 0 Å². The summed E-state index contributed by atoms with van der Waals surface area (Å²) in [4.78, 5) is 16.7. The van der Waals surface area contributed by atoms with Gasteiger partial charge in [-0.15, -0.1) is 5.10 Å². The number of carbonyl (C=O) groups excluding carboxylic acids is 1. The van der Waals surface area contributed by atoms with Crippen LogP contribution in [0.2, 0.25) is 0 Å². The highest BCUT2D eigenvalue weighted by atomic mass is 32.2. The quantitative estimate of drug-likeness (QED) is 0.785. The average molecular weight is 324 g/mol. The van der Waals surface area contributed by atoms with E-state index in [0.29, 0.717) is 17.6 Å². The lowest BCUT2D eigenvalue weighted by atomic mass is 10.1. The summed E-state index contributed by atoms with van der Waals surface area (Å²) in [6, 6.07) is 0. The Balaban J connectivity index is 1.45. The second kappa shape index (κ2) is 7.46. The van der Waals surface area contributed by atoms with Gasteiger partial charge in [0.15, 0.2) is 0 Å². The van der Waals surface area contributed by atoms with Gasteiger partial charge in [-0.3, -0.25) is 9.89 Å². The number of nitrogens with zero attached hydrogens (tertiary/aromatic N) is 2. The Hall–Kier alpha value is -1.08. The minimum atomic E-state index is -0.200. The third-order valence-corrected chi connectivity index (χ3v) is 5.36. The molecule has 7 heteroatoms. The molecular formula is C15H24N4O2S. The van der Waals surface area contributed by atoms with E-state index in [9.17, 15) is 4.79 Å². The van der Waals surface area contributed by atoms with E-state index in [1.54, 1.807) is 0 Å². The van der Waals surface area contributed by atoms with E-state index < -0.39 is 0 Å². The molecule has 22 heavy (non-hydrogen) atoms. The van der Waals surface area contributed by atoms with Crippen molar-refractivity contribution < 1.29 is 9.53 Å². The fraction of sp³-hybridized carbons (Fsp3) is 0.800. The fourth-order valence-corrected chi connectivity index (χ4v) is 3.82. The molecule has 2 aliphatic rings. The van der Waals surface area contributed by atoms with Crippen LogP contribution in [0.5, 0.6) is 0 Å². The number of hydrogen-bond donors (Lipinski definition) is 2. The van der Waals surface area contributed by atoms with Crippen molar-refractivity contribution in [1.82, 2.24) is 20.5 Å². The van der Waals surface area contributed by atoms with Crippen molar-refractivity contribution in [3.05, 3.63) is 5.82 Å². The minimum Gasteiger partial charge on any atom is -0.376 e. The number of hydrogen-bond acceptors (Lipinski definition) is 5. The SMILES string of the molecule is CC(Sc1n[nH]c(C2CCCC2)n1)C(=O)NCC1CCCO1. The molecule has 2 unspecified atom stereocenters. The van der Waals surface area contributed by atoms with Crippen LogP contribution in [-0.2, 0) is 9.53 Å². The standard InChI is InChI=1S/C15H24N4O2S/c1-10(14(20)16-9-12-7-4-8-21-12)22-15-17-13(18-19-15)11-5-2-3-6-11/h10-12H,2-9H2,1H3,(H,16,20)(H,17,18,19). The van der Waals surface area contributed by atoms with Gasteiger partial charge in [0.25, 0.3) is 0 Å². The first-order valence-corrected chi connectivity index (χ1v) is 9.08. The van der Waals surface area contributed by atoms with Crippen LogP contribution >= 0.6 is 11.8 Å². The molecule has 0 aromatic carbocycles. The second-order valence-electron chi connectivity index (χ2n) is 6.12. The van der Waals surface area contributed by atoms with E-state index in [1.807, 2.05) is 6.92 Å². The van der Waals surface area contributed by atoms with Crippen LogP contribution in [0.25, 0.3) is 0 Å². The summed E-state index contributed by atoms with van der Waals surface area (Å²) in [7, 11) is 0. The van der Waals surface area contributed by atoms with Crippen LogP contribution in [0.1, 0.15) is 57.2 Å². The van der Waals surface area contributed by atoms with Crippen molar-refractivity contribution in [3.63, 3.8) is 0 Å². The van der Waals surface area contributed by atoms with Gasteiger partial charge in [0.05, 0.1) is 11.4 Å². The van der Waals surface area contributed by atoms with E-state index in [0.717, 1.165) is 25.3 Å². The first kappa shape index (κ1) is 15.8. The number of H-pyrrole nitrogens is 1. The molecule has 6 nitrogen and oxygen atoms in total. The molecular weight excluding hydrogens is 300 g/mol. The van der Waals surface area contributed by atoms with Gasteiger partial charge in [-0.1, -0.05) is 24.6 Å². The van der Waals surface area contributed by atoms with Crippen molar-refractivity contribution in [3.8, 4) is 0 Å². The number of amides is 1. The van der Waals surface area contributed by atoms with E-state index in [-0.39, 0.29) is 17.3 Å². The smallest absolute Gasteiger partial charge is 0.233 e. The van der Waals surface area contributed by atoms with Crippen molar-refractivity contribution >= 4 is 17.7 Å². The van der Waals surface area contributed by atoms with Gasteiger partial charge in [0.1, 0.15) is 5.82 Å². The van der Waals surface area contributed by atoms with Crippen LogP contribution in [-0.4, -0.2) is 45.6 Å². The zero-order valence-corrected chi connectivity index (χ0v) is 13.8. The van der Waals surface area contributed by atoms with Gasteiger partial charge >= 0.3 is 0 Å². The van der Waals surface area contributed by atoms with Crippen molar-refractivity contribution in [2.45, 2.75) is 67.9 Å². The average Bonchev–Trinajstić information content (AvgIpc) is 3.25. The number of rotatable bonds is 6. The van der Waals surface area contributed by atoms with Crippen LogP contribution in [0.15, 0.2) is 5.16 Å². The number of nitrogens with one attached hydrogen (secondary N) is 2. The monoisotopic (exact) mass is 324 g/mol. The highest BCUT2D eigenvalue weighted by Gasteiger charge is 2.23. The minimum absolute atomic E-state index is 0.0210. The molecule has 3 rings (SSSR count). The Morgan fingerprint density at radius 1 is 1.41 bits per heavy atom. The third-order valence-electron chi connectivity index (χ3n) is 4.40. The van der Waals surface area contributed by atoms with Crippen LogP contribution in [0.4, 0.5) is 0 Å². The number of aromatic amines is 1. The number of carbonyl (C=O) groups is 1. The van der Waals surface area contributed by atoms with Gasteiger partial charge in [-0.05, 0) is 32.6 Å². The summed E-state index contributed by atoms with van der Waals surface area (Å²) >= 11 is 1.41. The Labute approximate surface area is 135 Å². The Bertz CT molecular complexity index is 495. The molecule has 0 radical (unpaired) electrons. The molecule has 0 spiro atoms. The molecule has 1 aromatic rings. The highest BCUT2D eigenvalue weighted by Crippen LogP contribution is 2.33. The molecule has 122 valence electrons. The van der Waals surface area contributed by atoms with Crippen molar-refractivity contribution in [1.29, 1.82) is 0 Å². The van der Waals surface area contributed by atoms with Crippen molar-refractivity contribution in [2.75, 3.05) is 13.2 Å². The van der Waals surface area contributed by atoms with Crippen LogP contribution in [0.3, 0.4) is 0 Å². The molecule has 2 heterocycles. The Morgan fingerprint density at radius 2 is 2.23 bits per heavy atom. The lowest BCUT2D eigenvalue weighted by Gasteiger charge is -2.13. The largest absolute Gasteiger partial charge is 0.376 e. The Kier molecular flexibility index (Phi) is 5.36. The molecule has 1 aliphatic heterocycles. The number of ether oxygens (including phenoxy) is 1. The molecule has 2 fully saturated rings. The maximum Gasteiger partial charge on any atom is 0.233 e. The second-order valence-corrected chi connectivity index (χ2v) is 7.43. The van der Waals surface area contributed by atoms with Crippen LogP contribution < -0.4 is 5.32 Å². The highest BCUT2D eigenvalue weighted by molar-refractivity contribution is 8.00. The van der Waals surface area contributed by atoms with E-state index >= 15 is 0 Å². The van der Waals surface area contributed by atoms with E-state index in [4.69, 9.17) is 4.74 Å². The number of aromatic nitrogens is 3. The first-order valence-electron chi connectivity index (χ1n) is 8.20. The first-order chi connectivity index (χ1) is 10.7. The van der Waals surface area contributed by atoms with Gasteiger partial charge in [0.2, 0.25) is 11.1 Å². The normalized spacial score (nSPS) is 23.8. The predicted octanol–water partition coefficient (Wildman–Crippen LogP) is 2.24. The molecule has 2 N–H and O–H groups in total. The summed E-state index contributed by atoms with van der Waals surface area (Å²) < 4.78 is 5.51. The lowest BCUT2D eigenvalue weighted by molar-refractivity contribution is -0.120. The number of thioether (sulfide) groups is 1. The zero-order chi connectivity index (χ0) is 15.4. The zero-order valence-electron chi connectivity index (χ0n) is 13.0. The molecule has 1 aromatic heterocycles. The van der Waals surface area contributed by atoms with Gasteiger partial charge in [-0.25, -0.2) is 4.98 Å². The maximum absolute atomic E-state index is 12.1. The predicted molar refractivity (Wildman–Crippen MR) is 84.9 cm³/mol. The summed E-state index contributed by atoms with van der Waals surface area (Å²) in [5.41, 5.74) is 0. The van der Waals surface area contributed by atoms with Gasteiger partial charge in [0, 0.05) is 19.1 Å². The Morgan fingerprint density at radius 3 is 2.95 bits per heavy atom. The maximum atomic E-state index is 12.1. The third kappa shape index (κ3) is 4.01. The summed E-state index contributed by atoms with van der Waals surface area (Å²) in [6.07, 6.45) is 7.23. The van der Waals surface area contributed by atoms with Crippen molar-refractivity contribution in [2.24, 2.45) is 0 Å². The van der Waals surface area contributed by atoms with E-state index in [2.05, 4.69) is 20.5 Å².